The molecule has 6 nitrogen and oxygen atoms in total. The summed E-state index contributed by atoms with van der Waals surface area (Å²) in [6.07, 6.45) is 2.10. The van der Waals surface area contributed by atoms with Crippen molar-refractivity contribution in [3.63, 3.8) is 0 Å². The standard InChI is InChI=1S/C19H25N3O3S/c1-12-17(19(23)22-9-5-6-14(22)11-20-2)26-18(21-12)13-7-8-15(24-3)16(10-13)25-4/h7-8,10,14,20H,5-6,9,11H2,1-4H3. The van der Waals surface area contributed by atoms with E-state index in [0.717, 1.165) is 47.1 Å². The van der Waals surface area contributed by atoms with Crippen molar-refractivity contribution < 1.29 is 14.3 Å². The van der Waals surface area contributed by atoms with Gasteiger partial charge >= 0.3 is 0 Å². The van der Waals surface area contributed by atoms with Crippen molar-refractivity contribution in [2.45, 2.75) is 25.8 Å². The van der Waals surface area contributed by atoms with Gasteiger partial charge in [-0.25, -0.2) is 4.98 Å². The number of likely N-dealkylation sites (N-methyl/N-ethyl adjacent to an activating group) is 1. The number of thiazole rings is 1. The molecular weight excluding hydrogens is 350 g/mol. The van der Waals surface area contributed by atoms with Crippen LogP contribution in [-0.2, 0) is 0 Å². The van der Waals surface area contributed by atoms with Gasteiger partial charge in [0.25, 0.3) is 5.91 Å². The molecule has 0 radical (unpaired) electrons. The van der Waals surface area contributed by atoms with Crippen LogP contribution in [0.2, 0.25) is 0 Å². The molecular formula is C19H25N3O3S. The van der Waals surface area contributed by atoms with E-state index in [0.29, 0.717) is 11.5 Å². The molecule has 140 valence electrons. The summed E-state index contributed by atoms with van der Waals surface area (Å²) < 4.78 is 10.7. The Morgan fingerprint density at radius 3 is 2.81 bits per heavy atom. The number of nitrogens with zero attached hydrogens (tertiary/aromatic N) is 2. The molecule has 0 aliphatic carbocycles. The maximum absolute atomic E-state index is 13.0. The van der Waals surface area contributed by atoms with Gasteiger partial charge in [-0.05, 0) is 45.0 Å². The van der Waals surface area contributed by atoms with Crippen molar-refractivity contribution in [1.29, 1.82) is 0 Å². The molecule has 0 bridgehead atoms. The predicted octanol–water partition coefficient (Wildman–Crippen LogP) is 2.96. The van der Waals surface area contributed by atoms with Crippen molar-refractivity contribution in [2.24, 2.45) is 0 Å². The third-order valence-corrected chi connectivity index (χ3v) is 5.89. The predicted molar refractivity (Wildman–Crippen MR) is 103 cm³/mol. The highest BCUT2D eigenvalue weighted by Gasteiger charge is 2.31. The highest BCUT2D eigenvalue weighted by molar-refractivity contribution is 7.17. The lowest BCUT2D eigenvalue weighted by atomic mass is 10.2. The molecule has 1 aromatic carbocycles. The van der Waals surface area contributed by atoms with E-state index >= 15 is 0 Å². The SMILES string of the molecule is CNCC1CCCN1C(=O)c1sc(-c2ccc(OC)c(OC)c2)nc1C. The van der Waals surface area contributed by atoms with E-state index in [1.807, 2.05) is 37.1 Å². The Hall–Kier alpha value is -2.12. The second kappa shape index (κ2) is 8.05. The molecule has 2 aromatic rings. The van der Waals surface area contributed by atoms with Gasteiger partial charge in [0.05, 0.1) is 19.9 Å². The van der Waals surface area contributed by atoms with E-state index in [4.69, 9.17) is 9.47 Å². The van der Waals surface area contributed by atoms with E-state index in [2.05, 4.69) is 10.3 Å². The van der Waals surface area contributed by atoms with E-state index in [1.54, 1.807) is 14.2 Å². The molecule has 1 aliphatic heterocycles. The molecule has 1 aromatic heterocycles. The lowest BCUT2D eigenvalue weighted by molar-refractivity contribution is 0.0741. The fourth-order valence-electron chi connectivity index (χ4n) is 3.37. The summed E-state index contributed by atoms with van der Waals surface area (Å²) in [5.41, 5.74) is 1.70. The minimum Gasteiger partial charge on any atom is -0.493 e. The Morgan fingerprint density at radius 2 is 2.12 bits per heavy atom. The van der Waals surface area contributed by atoms with Gasteiger partial charge in [-0.15, -0.1) is 11.3 Å². The van der Waals surface area contributed by atoms with Crippen LogP contribution < -0.4 is 14.8 Å². The van der Waals surface area contributed by atoms with Gasteiger partial charge in [-0.1, -0.05) is 0 Å². The maximum Gasteiger partial charge on any atom is 0.266 e. The minimum atomic E-state index is 0.0875. The first-order valence-corrected chi connectivity index (χ1v) is 9.56. The third kappa shape index (κ3) is 3.54. The van der Waals surface area contributed by atoms with Crippen LogP contribution >= 0.6 is 11.3 Å². The zero-order valence-electron chi connectivity index (χ0n) is 15.7. The number of rotatable bonds is 6. The van der Waals surface area contributed by atoms with Crippen molar-refractivity contribution in [3.8, 4) is 22.1 Å². The number of aromatic nitrogens is 1. The number of hydrogen-bond donors (Lipinski definition) is 1. The number of likely N-dealkylation sites (tertiary alicyclic amines) is 1. The number of benzene rings is 1. The molecule has 0 saturated carbocycles. The molecule has 1 fully saturated rings. The van der Waals surface area contributed by atoms with Crippen LogP contribution in [-0.4, -0.2) is 56.2 Å². The summed E-state index contributed by atoms with van der Waals surface area (Å²) in [7, 11) is 5.15. The minimum absolute atomic E-state index is 0.0875. The van der Waals surface area contributed by atoms with Crippen LogP contribution in [0.15, 0.2) is 18.2 Å². The fraction of sp³-hybridized carbons (Fsp3) is 0.474. The summed E-state index contributed by atoms with van der Waals surface area (Å²) in [6, 6.07) is 5.95. The molecule has 26 heavy (non-hydrogen) atoms. The van der Waals surface area contributed by atoms with Gasteiger partial charge in [-0.2, -0.15) is 0 Å². The van der Waals surface area contributed by atoms with Gasteiger partial charge in [0.1, 0.15) is 9.88 Å². The number of methoxy groups -OCH3 is 2. The molecule has 1 aliphatic rings. The van der Waals surface area contributed by atoms with Gasteiger partial charge in [0, 0.05) is 24.7 Å². The van der Waals surface area contributed by atoms with Gasteiger partial charge < -0.3 is 19.7 Å². The lowest BCUT2D eigenvalue weighted by Crippen LogP contribution is -2.40. The quantitative estimate of drug-likeness (QED) is 0.841. The Labute approximate surface area is 158 Å². The average Bonchev–Trinajstić information content (AvgIpc) is 3.27. The fourth-order valence-corrected chi connectivity index (χ4v) is 4.39. The van der Waals surface area contributed by atoms with Crippen molar-refractivity contribution >= 4 is 17.2 Å². The van der Waals surface area contributed by atoms with Crippen molar-refractivity contribution in [3.05, 3.63) is 28.8 Å². The van der Waals surface area contributed by atoms with Crippen LogP contribution in [0, 0.1) is 6.92 Å². The van der Waals surface area contributed by atoms with Crippen LogP contribution in [0.25, 0.3) is 10.6 Å². The first-order valence-electron chi connectivity index (χ1n) is 8.74. The Kier molecular flexibility index (Phi) is 5.78. The van der Waals surface area contributed by atoms with Gasteiger partial charge in [0.2, 0.25) is 0 Å². The van der Waals surface area contributed by atoms with Crippen molar-refractivity contribution in [1.82, 2.24) is 15.2 Å². The molecule has 2 heterocycles. The summed E-state index contributed by atoms with van der Waals surface area (Å²) in [5.74, 6) is 1.41. The summed E-state index contributed by atoms with van der Waals surface area (Å²) >= 11 is 1.44. The Bertz CT molecular complexity index is 790. The summed E-state index contributed by atoms with van der Waals surface area (Å²) in [5, 5.41) is 4.00. The van der Waals surface area contributed by atoms with Crippen molar-refractivity contribution in [2.75, 3.05) is 34.4 Å². The Balaban J connectivity index is 1.88. The van der Waals surface area contributed by atoms with E-state index in [1.165, 1.54) is 11.3 Å². The first kappa shape index (κ1) is 18.7. The van der Waals surface area contributed by atoms with E-state index in [-0.39, 0.29) is 11.9 Å². The molecule has 1 amide bonds. The number of aryl methyl sites for hydroxylation is 1. The molecule has 7 heteroatoms. The first-order chi connectivity index (χ1) is 12.6. The second-order valence-corrected chi connectivity index (χ2v) is 7.35. The molecule has 1 saturated heterocycles. The largest absolute Gasteiger partial charge is 0.493 e. The highest BCUT2D eigenvalue weighted by atomic mass is 32.1. The molecule has 1 N–H and O–H groups in total. The normalized spacial score (nSPS) is 16.8. The summed E-state index contributed by atoms with van der Waals surface area (Å²) in [4.78, 5) is 20.4. The van der Waals surface area contributed by atoms with E-state index in [9.17, 15) is 4.79 Å². The smallest absolute Gasteiger partial charge is 0.266 e. The summed E-state index contributed by atoms with van der Waals surface area (Å²) in [6.45, 7) is 3.54. The molecule has 1 atom stereocenters. The van der Waals surface area contributed by atoms with Crippen LogP contribution in [0.3, 0.4) is 0 Å². The van der Waals surface area contributed by atoms with Crippen LogP contribution in [0.1, 0.15) is 28.2 Å². The molecule has 3 rings (SSSR count). The monoisotopic (exact) mass is 375 g/mol. The number of hydrogen-bond acceptors (Lipinski definition) is 6. The maximum atomic E-state index is 13.0. The molecule has 1 unspecified atom stereocenters. The topological polar surface area (TPSA) is 63.7 Å². The van der Waals surface area contributed by atoms with Crippen LogP contribution in [0.4, 0.5) is 0 Å². The van der Waals surface area contributed by atoms with E-state index < -0.39 is 0 Å². The Morgan fingerprint density at radius 1 is 1.35 bits per heavy atom. The number of carbonyl (C=O) groups is 1. The van der Waals surface area contributed by atoms with Gasteiger partial charge in [0.15, 0.2) is 11.5 Å². The average molecular weight is 375 g/mol. The highest BCUT2D eigenvalue weighted by Crippen LogP contribution is 2.35. The zero-order chi connectivity index (χ0) is 18.7. The van der Waals surface area contributed by atoms with Gasteiger partial charge in [-0.3, -0.25) is 4.79 Å². The van der Waals surface area contributed by atoms with Crippen LogP contribution in [0.5, 0.6) is 11.5 Å². The second-order valence-electron chi connectivity index (χ2n) is 6.36. The zero-order valence-corrected chi connectivity index (χ0v) is 16.5. The lowest BCUT2D eigenvalue weighted by Gasteiger charge is -2.24. The molecule has 0 spiro atoms. The number of carbonyl (C=O) groups excluding carboxylic acids is 1. The number of ether oxygens (including phenoxy) is 2. The number of nitrogens with one attached hydrogen (secondary N) is 1. The third-order valence-electron chi connectivity index (χ3n) is 4.70. The number of amides is 1.